The molecule has 3 aromatic rings. The molecule has 0 aliphatic rings. The van der Waals surface area contributed by atoms with Gasteiger partial charge in [-0.15, -0.1) is 11.3 Å². The third-order valence-electron chi connectivity index (χ3n) is 3.30. The topological polar surface area (TPSA) is 46.7 Å². The fourth-order valence-corrected chi connectivity index (χ4v) is 3.67. The van der Waals surface area contributed by atoms with Gasteiger partial charge in [-0.2, -0.15) is 17.6 Å². The molecule has 2 heterocycles. The fraction of sp³-hybridized carbons (Fsp3) is 0.333. The quantitative estimate of drug-likeness (QED) is 0.623. The lowest BCUT2D eigenvalue weighted by Crippen LogP contribution is -2.19. The van der Waals surface area contributed by atoms with Gasteiger partial charge in [-0.3, -0.25) is 4.40 Å². The van der Waals surface area contributed by atoms with E-state index in [2.05, 4.69) is 9.38 Å². The molecule has 1 aromatic carbocycles. The highest BCUT2D eigenvalue weighted by molar-refractivity contribution is 7.85. The molecule has 9 heteroatoms. The van der Waals surface area contributed by atoms with Crippen molar-refractivity contribution in [2.75, 3.05) is 0 Å². The second-order valence-electron chi connectivity index (χ2n) is 6.18. The van der Waals surface area contributed by atoms with E-state index in [-0.39, 0.29) is 0 Å². The van der Waals surface area contributed by atoms with Gasteiger partial charge < -0.3 is 0 Å². The lowest BCUT2D eigenvalue weighted by Gasteiger charge is -2.12. The third-order valence-corrected chi connectivity index (χ3v) is 5.79. The minimum Gasteiger partial charge on any atom is -0.289 e. The van der Waals surface area contributed by atoms with Crippen molar-refractivity contribution in [2.24, 2.45) is 4.40 Å². The molecule has 0 saturated heterocycles. The molecule has 2 aromatic heterocycles. The number of thiazole rings is 1. The van der Waals surface area contributed by atoms with Crippen LogP contribution in [0.1, 0.15) is 32.0 Å². The number of alkyl halides is 3. The Morgan fingerprint density at radius 1 is 1.29 bits per heavy atom. The average molecular weight is 373 g/mol. The first-order chi connectivity index (χ1) is 11.1. The molecule has 4 nitrogen and oxygen atoms in total. The van der Waals surface area contributed by atoms with E-state index in [0.29, 0.717) is 20.7 Å². The summed E-state index contributed by atoms with van der Waals surface area (Å²) in [7, 11) is -1.42. The van der Waals surface area contributed by atoms with Crippen LogP contribution in [-0.2, 0) is 17.2 Å². The maximum atomic E-state index is 12.8. The van der Waals surface area contributed by atoms with E-state index < -0.39 is 27.5 Å². The van der Waals surface area contributed by atoms with Crippen LogP contribution in [0.25, 0.3) is 15.0 Å². The zero-order valence-electron chi connectivity index (χ0n) is 13.1. The summed E-state index contributed by atoms with van der Waals surface area (Å²) in [5.41, 5.74) is 0.450. The Bertz CT molecular complexity index is 964. The van der Waals surface area contributed by atoms with Crippen molar-refractivity contribution in [1.29, 1.82) is 0 Å². The average Bonchev–Trinajstić information content (AvgIpc) is 3.01. The molecule has 1 atom stereocenters. The maximum Gasteiger partial charge on any atom is 0.416 e. The molecule has 0 radical (unpaired) electrons. The number of halogens is 3. The first kappa shape index (κ1) is 17.1. The predicted molar refractivity (Wildman–Crippen MR) is 91.1 cm³/mol. The van der Waals surface area contributed by atoms with E-state index in [1.165, 1.54) is 29.9 Å². The molecule has 24 heavy (non-hydrogen) atoms. The minimum atomic E-state index is -4.38. The Balaban J connectivity index is 2.06. The van der Waals surface area contributed by atoms with Crippen LogP contribution in [0.5, 0.6) is 0 Å². The monoisotopic (exact) mass is 373 g/mol. The summed E-state index contributed by atoms with van der Waals surface area (Å²) in [5.74, 6) is 0. The summed E-state index contributed by atoms with van der Waals surface area (Å²) >= 11 is 1.19. The van der Waals surface area contributed by atoms with Crippen molar-refractivity contribution in [3.8, 4) is 0 Å². The van der Waals surface area contributed by atoms with Gasteiger partial charge in [-0.05, 0) is 39.0 Å². The Kier molecular flexibility index (Phi) is 4.03. The van der Waals surface area contributed by atoms with Crippen molar-refractivity contribution < 1.29 is 17.4 Å². The van der Waals surface area contributed by atoms with Gasteiger partial charge in [-0.25, -0.2) is 9.19 Å². The molecule has 3 rings (SSSR count). The first-order valence-electron chi connectivity index (χ1n) is 7.00. The number of fused-ring (bicyclic) bond motifs is 3. The maximum absolute atomic E-state index is 12.8. The van der Waals surface area contributed by atoms with Crippen LogP contribution in [0.15, 0.2) is 28.9 Å². The molecule has 0 spiro atoms. The Morgan fingerprint density at radius 2 is 2.00 bits per heavy atom. The zero-order chi connectivity index (χ0) is 17.7. The van der Waals surface area contributed by atoms with Gasteiger partial charge >= 0.3 is 6.18 Å². The second kappa shape index (κ2) is 5.66. The number of rotatable bonds is 2. The summed E-state index contributed by atoms with van der Waals surface area (Å²) in [5, 5.41) is 0. The van der Waals surface area contributed by atoms with Crippen LogP contribution < -0.4 is 0 Å². The van der Waals surface area contributed by atoms with Crippen molar-refractivity contribution in [3.05, 3.63) is 35.8 Å². The Labute approximate surface area is 142 Å². The molecular weight excluding hydrogens is 359 g/mol. The molecule has 0 saturated carbocycles. The Hall–Kier alpha value is -1.74. The zero-order valence-corrected chi connectivity index (χ0v) is 14.7. The van der Waals surface area contributed by atoms with Crippen LogP contribution in [0, 0.1) is 0 Å². The molecule has 0 N–H and O–H groups in total. The number of hydrogen-bond donors (Lipinski definition) is 0. The molecule has 0 fully saturated rings. The minimum absolute atomic E-state index is 0.488. The van der Waals surface area contributed by atoms with Gasteiger partial charge in [0.25, 0.3) is 0 Å². The summed E-state index contributed by atoms with van der Waals surface area (Å²) in [6.07, 6.45) is -1.43. The Morgan fingerprint density at radius 3 is 2.62 bits per heavy atom. The lowest BCUT2D eigenvalue weighted by molar-refractivity contribution is -0.137. The number of imidazole rings is 1. The van der Waals surface area contributed by atoms with E-state index in [4.69, 9.17) is 0 Å². The normalized spacial score (nSPS) is 14.9. The molecule has 128 valence electrons. The van der Waals surface area contributed by atoms with Crippen LogP contribution in [0.2, 0.25) is 0 Å². The van der Waals surface area contributed by atoms with E-state index >= 15 is 0 Å². The van der Waals surface area contributed by atoms with Crippen molar-refractivity contribution in [1.82, 2.24) is 9.38 Å². The van der Waals surface area contributed by atoms with Gasteiger partial charge in [0, 0.05) is 0 Å². The highest BCUT2D eigenvalue weighted by atomic mass is 32.2. The van der Waals surface area contributed by atoms with Crippen molar-refractivity contribution in [3.63, 3.8) is 0 Å². The molecule has 0 unspecified atom stereocenters. The highest BCUT2D eigenvalue weighted by Crippen LogP contribution is 2.35. The first-order valence-corrected chi connectivity index (χ1v) is 8.92. The highest BCUT2D eigenvalue weighted by Gasteiger charge is 2.31. The van der Waals surface area contributed by atoms with Gasteiger partial charge in [0.1, 0.15) is 27.8 Å². The van der Waals surface area contributed by atoms with Crippen LogP contribution >= 0.6 is 11.3 Å². The number of hydrogen-bond acceptors (Lipinski definition) is 3. The van der Waals surface area contributed by atoms with E-state index in [9.17, 15) is 17.4 Å². The molecule has 0 aliphatic carbocycles. The van der Waals surface area contributed by atoms with Crippen LogP contribution in [0.4, 0.5) is 13.2 Å². The smallest absolute Gasteiger partial charge is 0.289 e. The fourth-order valence-electron chi connectivity index (χ4n) is 2.04. The lowest BCUT2D eigenvalue weighted by atomic mass is 10.2. The van der Waals surface area contributed by atoms with E-state index in [1.807, 2.05) is 0 Å². The summed E-state index contributed by atoms with van der Waals surface area (Å²) < 4.78 is 56.2. The summed E-state index contributed by atoms with van der Waals surface area (Å²) in [4.78, 5) is 4.86. The van der Waals surface area contributed by atoms with E-state index in [1.54, 1.807) is 25.2 Å². The van der Waals surface area contributed by atoms with Crippen LogP contribution in [-0.4, -0.2) is 24.6 Å². The third kappa shape index (κ3) is 3.10. The molecule has 0 aliphatic heterocycles. The SMILES string of the molecule is CC(C)(C)[S@](=O)N=Cc1ncn2c1sc1cc(C(F)(F)F)ccc12. The largest absolute Gasteiger partial charge is 0.416 e. The summed E-state index contributed by atoms with van der Waals surface area (Å²) in [6, 6.07) is 3.61. The second-order valence-corrected chi connectivity index (χ2v) is 9.15. The van der Waals surface area contributed by atoms with Gasteiger partial charge in [0.05, 0.1) is 26.7 Å². The van der Waals surface area contributed by atoms with Gasteiger partial charge in [0.15, 0.2) is 0 Å². The number of aromatic nitrogens is 2. The van der Waals surface area contributed by atoms with Gasteiger partial charge in [-0.1, -0.05) is 0 Å². The standard InChI is InChI=1S/C15H14F3N3OS2/c1-14(2,3)24(22)20-7-10-13-21(8-19-10)11-5-4-9(15(16,17)18)6-12(11)23-13/h4-8H,1-3H3/t24-/m0/s1. The molecule has 0 amide bonds. The predicted octanol–water partition coefficient (Wildman–Crippen LogP) is 4.45. The van der Waals surface area contributed by atoms with Crippen molar-refractivity contribution in [2.45, 2.75) is 31.7 Å². The van der Waals surface area contributed by atoms with E-state index in [0.717, 1.165) is 12.1 Å². The number of nitrogens with zero attached hydrogens (tertiary/aromatic N) is 3. The summed E-state index contributed by atoms with van der Waals surface area (Å²) in [6.45, 7) is 5.42. The van der Waals surface area contributed by atoms with Gasteiger partial charge in [0.2, 0.25) is 0 Å². The van der Waals surface area contributed by atoms with Crippen LogP contribution in [0.3, 0.4) is 0 Å². The molecule has 0 bridgehead atoms. The van der Waals surface area contributed by atoms with Crippen molar-refractivity contribution >= 4 is 43.6 Å². The molecular formula is C15H14F3N3OS2. The number of benzene rings is 1.